The van der Waals surface area contributed by atoms with Gasteiger partial charge in [-0.05, 0) is 32.4 Å². The second-order valence-corrected chi connectivity index (χ2v) is 6.58. The fourth-order valence-electron chi connectivity index (χ4n) is 3.24. The van der Waals surface area contributed by atoms with Crippen LogP contribution in [0.4, 0.5) is 0 Å². The van der Waals surface area contributed by atoms with Crippen LogP contribution in [-0.4, -0.2) is 58.1 Å². The average Bonchev–Trinajstić information content (AvgIpc) is 3.10. The fraction of sp³-hybridized carbons (Fsp3) is 0.714. The highest BCUT2D eigenvalue weighted by Gasteiger charge is 2.28. The summed E-state index contributed by atoms with van der Waals surface area (Å²) in [5.74, 6) is -0.922. The lowest BCUT2D eigenvalue weighted by molar-refractivity contribution is 0.0696. The van der Waals surface area contributed by atoms with E-state index in [2.05, 4.69) is 14.8 Å². The van der Waals surface area contributed by atoms with Crippen LogP contribution in [0.25, 0.3) is 0 Å². The Bertz CT molecular complexity index is 471. The Balaban J connectivity index is 1.52. The maximum atomic E-state index is 10.8. The fourth-order valence-corrected chi connectivity index (χ4v) is 3.89. The molecule has 0 bridgehead atoms. The Morgan fingerprint density at radius 1 is 1.35 bits per heavy atom. The molecule has 2 aliphatic rings. The lowest BCUT2D eigenvalue weighted by atomic mass is 10.1. The quantitative estimate of drug-likeness (QED) is 0.919. The van der Waals surface area contributed by atoms with Crippen LogP contribution in [-0.2, 0) is 6.54 Å². The summed E-state index contributed by atoms with van der Waals surface area (Å²) in [6.45, 7) is 5.48. The molecule has 1 aromatic rings. The van der Waals surface area contributed by atoms with Crippen LogP contribution in [0.3, 0.4) is 0 Å². The number of carboxylic acid groups (broad SMARTS) is 1. The van der Waals surface area contributed by atoms with E-state index < -0.39 is 5.97 Å². The number of rotatable bonds is 4. The SMILES string of the molecule is O=C(O)c1nc(CN2CCC(N3CCCCC3)C2)cs1. The van der Waals surface area contributed by atoms with Crippen molar-refractivity contribution in [2.45, 2.75) is 38.3 Å². The molecule has 1 aromatic heterocycles. The third-order valence-electron chi connectivity index (χ3n) is 4.27. The van der Waals surface area contributed by atoms with Crippen molar-refractivity contribution >= 4 is 17.3 Å². The van der Waals surface area contributed by atoms with E-state index in [1.54, 1.807) is 0 Å². The normalized spacial score (nSPS) is 25.1. The molecule has 1 atom stereocenters. The van der Waals surface area contributed by atoms with Gasteiger partial charge in [-0.1, -0.05) is 6.42 Å². The minimum absolute atomic E-state index is 0.201. The summed E-state index contributed by atoms with van der Waals surface area (Å²) in [4.78, 5) is 20.0. The number of hydrogen-bond acceptors (Lipinski definition) is 5. The molecule has 0 saturated carbocycles. The zero-order valence-corrected chi connectivity index (χ0v) is 12.4. The zero-order chi connectivity index (χ0) is 13.9. The van der Waals surface area contributed by atoms with Gasteiger partial charge in [0.1, 0.15) is 0 Å². The van der Waals surface area contributed by atoms with Crippen molar-refractivity contribution in [3.05, 3.63) is 16.1 Å². The molecule has 0 aromatic carbocycles. The van der Waals surface area contributed by atoms with E-state index in [0.29, 0.717) is 6.04 Å². The molecule has 6 heteroatoms. The molecule has 0 aliphatic carbocycles. The van der Waals surface area contributed by atoms with Crippen molar-refractivity contribution < 1.29 is 9.90 Å². The summed E-state index contributed by atoms with van der Waals surface area (Å²) in [6.07, 6.45) is 5.29. The molecular weight excluding hydrogens is 274 g/mol. The number of hydrogen-bond donors (Lipinski definition) is 1. The molecule has 20 heavy (non-hydrogen) atoms. The van der Waals surface area contributed by atoms with Gasteiger partial charge in [0.2, 0.25) is 5.01 Å². The minimum Gasteiger partial charge on any atom is -0.476 e. The van der Waals surface area contributed by atoms with E-state index in [-0.39, 0.29) is 5.01 Å². The van der Waals surface area contributed by atoms with Gasteiger partial charge in [0.15, 0.2) is 0 Å². The molecule has 0 amide bonds. The second kappa shape index (κ2) is 6.20. The van der Waals surface area contributed by atoms with Crippen LogP contribution in [0, 0.1) is 0 Å². The summed E-state index contributed by atoms with van der Waals surface area (Å²) in [6, 6.07) is 0.688. The van der Waals surface area contributed by atoms with Gasteiger partial charge in [-0.15, -0.1) is 11.3 Å². The van der Waals surface area contributed by atoms with Crippen LogP contribution in [0.15, 0.2) is 5.38 Å². The number of thiazole rings is 1. The van der Waals surface area contributed by atoms with E-state index >= 15 is 0 Å². The standard InChI is InChI=1S/C14H21N3O2S/c18-14(19)13-15-11(10-20-13)8-16-7-4-12(9-16)17-5-2-1-3-6-17/h10,12H,1-9H2,(H,18,19). The molecule has 1 unspecified atom stereocenters. The highest BCUT2D eigenvalue weighted by atomic mass is 32.1. The molecular formula is C14H21N3O2S. The van der Waals surface area contributed by atoms with E-state index in [1.807, 2.05) is 5.38 Å². The molecule has 0 radical (unpaired) electrons. The first-order valence-electron chi connectivity index (χ1n) is 7.36. The monoisotopic (exact) mass is 295 g/mol. The van der Waals surface area contributed by atoms with Gasteiger partial charge in [-0.2, -0.15) is 0 Å². The molecule has 110 valence electrons. The highest BCUT2D eigenvalue weighted by Crippen LogP contribution is 2.22. The van der Waals surface area contributed by atoms with Crippen LogP contribution in [0.5, 0.6) is 0 Å². The number of piperidine rings is 1. The number of aromatic carboxylic acids is 1. The first kappa shape index (κ1) is 14.0. The molecule has 0 spiro atoms. The molecule has 2 fully saturated rings. The third kappa shape index (κ3) is 3.19. The maximum absolute atomic E-state index is 10.8. The molecule has 5 nitrogen and oxygen atoms in total. The Labute approximate surface area is 123 Å². The first-order valence-corrected chi connectivity index (χ1v) is 8.24. The van der Waals surface area contributed by atoms with Crippen molar-refractivity contribution in [1.82, 2.24) is 14.8 Å². The average molecular weight is 295 g/mol. The van der Waals surface area contributed by atoms with Crippen LogP contribution < -0.4 is 0 Å². The molecule has 3 heterocycles. The van der Waals surface area contributed by atoms with Crippen molar-refractivity contribution in [2.75, 3.05) is 26.2 Å². The van der Waals surface area contributed by atoms with Crippen LogP contribution >= 0.6 is 11.3 Å². The Kier molecular flexibility index (Phi) is 4.33. The first-order chi connectivity index (χ1) is 9.72. The topological polar surface area (TPSA) is 56.7 Å². The number of carboxylic acids is 1. The van der Waals surface area contributed by atoms with E-state index in [1.165, 1.54) is 50.1 Å². The lowest BCUT2D eigenvalue weighted by Crippen LogP contribution is -2.40. The number of likely N-dealkylation sites (tertiary alicyclic amines) is 2. The number of nitrogens with zero attached hydrogens (tertiary/aromatic N) is 3. The van der Waals surface area contributed by atoms with Gasteiger partial charge >= 0.3 is 5.97 Å². The van der Waals surface area contributed by atoms with Crippen molar-refractivity contribution in [3.63, 3.8) is 0 Å². The molecule has 1 N–H and O–H groups in total. The van der Waals surface area contributed by atoms with E-state index in [4.69, 9.17) is 5.11 Å². The van der Waals surface area contributed by atoms with E-state index in [0.717, 1.165) is 25.3 Å². The summed E-state index contributed by atoms with van der Waals surface area (Å²) in [7, 11) is 0. The smallest absolute Gasteiger partial charge is 0.365 e. The number of carbonyl (C=O) groups is 1. The van der Waals surface area contributed by atoms with E-state index in [9.17, 15) is 4.79 Å². The summed E-state index contributed by atoms with van der Waals surface area (Å²) in [5, 5.41) is 11.0. The summed E-state index contributed by atoms with van der Waals surface area (Å²) < 4.78 is 0. The Hall–Kier alpha value is -0.980. The Morgan fingerprint density at radius 2 is 2.15 bits per heavy atom. The van der Waals surface area contributed by atoms with Crippen molar-refractivity contribution in [1.29, 1.82) is 0 Å². The van der Waals surface area contributed by atoms with Crippen LogP contribution in [0.2, 0.25) is 0 Å². The van der Waals surface area contributed by atoms with Gasteiger partial charge in [-0.25, -0.2) is 9.78 Å². The number of aromatic nitrogens is 1. The second-order valence-electron chi connectivity index (χ2n) is 5.72. The largest absolute Gasteiger partial charge is 0.476 e. The maximum Gasteiger partial charge on any atom is 0.365 e. The minimum atomic E-state index is -0.922. The predicted octanol–water partition coefficient (Wildman–Crippen LogP) is 1.90. The van der Waals surface area contributed by atoms with Gasteiger partial charge in [0.05, 0.1) is 5.69 Å². The molecule has 3 rings (SSSR count). The lowest BCUT2D eigenvalue weighted by Gasteiger charge is -2.32. The van der Waals surface area contributed by atoms with Gasteiger partial charge in [0.25, 0.3) is 0 Å². The van der Waals surface area contributed by atoms with Crippen molar-refractivity contribution in [2.24, 2.45) is 0 Å². The van der Waals surface area contributed by atoms with Crippen molar-refractivity contribution in [3.8, 4) is 0 Å². The third-order valence-corrected chi connectivity index (χ3v) is 5.15. The molecule has 2 aliphatic heterocycles. The van der Waals surface area contributed by atoms with Crippen LogP contribution in [0.1, 0.15) is 41.2 Å². The van der Waals surface area contributed by atoms with Gasteiger partial charge in [0, 0.05) is 31.1 Å². The van der Waals surface area contributed by atoms with Gasteiger partial charge < -0.3 is 5.11 Å². The van der Waals surface area contributed by atoms with Gasteiger partial charge in [-0.3, -0.25) is 9.80 Å². The highest BCUT2D eigenvalue weighted by molar-refractivity contribution is 7.11. The Morgan fingerprint density at radius 3 is 2.85 bits per heavy atom. The summed E-state index contributed by atoms with van der Waals surface area (Å²) >= 11 is 1.22. The zero-order valence-electron chi connectivity index (χ0n) is 11.6. The molecule has 2 saturated heterocycles. The summed E-state index contributed by atoms with van der Waals surface area (Å²) in [5.41, 5.74) is 0.895. The predicted molar refractivity (Wildman–Crippen MR) is 78.2 cm³/mol.